The summed E-state index contributed by atoms with van der Waals surface area (Å²) in [7, 11) is 1.87. The van der Waals surface area contributed by atoms with Crippen LogP contribution in [0.15, 0.2) is 24.3 Å². The van der Waals surface area contributed by atoms with E-state index >= 15 is 0 Å². The van der Waals surface area contributed by atoms with Gasteiger partial charge >= 0.3 is 0 Å². The lowest BCUT2D eigenvalue weighted by Crippen LogP contribution is -2.01. The zero-order valence-electron chi connectivity index (χ0n) is 10.7. The number of hydrogen-bond donors (Lipinski definition) is 2. The Hall–Kier alpha value is -2.12. The van der Waals surface area contributed by atoms with Crippen molar-refractivity contribution < 1.29 is 5.11 Å². The van der Waals surface area contributed by atoms with Gasteiger partial charge in [0.25, 0.3) is 0 Å². The molecule has 0 aliphatic carbocycles. The number of anilines is 1. The van der Waals surface area contributed by atoms with Gasteiger partial charge in [-0.15, -0.1) is 0 Å². The monoisotopic (exact) mass is 275 g/mol. The van der Waals surface area contributed by atoms with Crippen molar-refractivity contribution >= 4 is 17.3 Å². The Balaban J connectivity index is 2.15. The summed E-state index contributed by atoms with van der Waals surface area (Å²) in [4.78, 5) is 0. The number of nitrogens with one attached hydrogen (secondary N) is 1. The van der Waals surface area contributed by atoms with E-state index in [9.17, 15) is 5.11 Å². The molecule has 0 amide bonds. The molecule has 0 bridgehead atoms. The van der Waals surface area contributed by atoms with E-state index in [1.54, 1.807) is 18.2 Å². The maximum Gasteiger partial charge on any atom is 0.134 e. The Labute approximate surface area is 116 Å². The third-order valence-electron chi connectivity index (χ3n) is 3.19. The van der Waals surface area contributed by atoms with E-state index in [1.807, 2.05) is 24.6 Å². The summed E-state index contributed by atoms with van der Waals surface area (Å²) in [6, 6.07) is 8.98. The molecule has 19 heavy (non-hydrogen) atoms. The van der Waals surface area contributed by atoms with Gasteiger partial charge in [0.05, 0.1) is 5.02 Å². The average Bonchev–Trinajstić information content (AvgIpc) is 2.67. The molecule has 0 atom stereocenters. The third-order valence-corrected chi connectivity index (χ3v) is 3.49. The lowest BCUT2D eigenvalue weighted by molar-refractivity contribution is 0.475. The number of halogens is 1. The molecule has 2 N–H and O–H groups in total. The Morgan fingerprint density at radius 1 is 1.42 bits per heavy atom. The molecular formula is C14H14ClN3O. The lowest BCUT2D eigenvalue weighted by Gasteiger charge is -2.07. The minimum Gasteiger partial charge on any atom is -0.506 e. The first kappa shape index (κ1) is 13.3. The fourth-order valence-electron chi connectivity index (χ4n) is 1.86. The second kappa shape index (κ2) is 5.25. The van der Waals surface area contributed by atoms with Gasteiger partial charge in [0.15, 0.2) is 0 Å². The number of phenols is 1. The van der Waals surface area contributed by atoms with Crippen LogP contribution in [0.4, 0.5) is 5.69 Å². The average molecular weight is 276 g/mol. The Kier molecular flexibility index (Phi) is 3.68. The van der Waals surface area contributed by atoms with E-state index in [0.717, 1.165) is 16.9 Å². The van der Waals surface area contributed by atoms with Crippen LogP contribution in [0.2, 0.25) is 5.02 Å². The van der Waals surface area contributed by atoms with Crippen molar-refractivity contribution in [1.29, 1.82) is 5.26 Å². The highest BCUT2D eigenvalue weighted by Gasteiger charge is 2.08. The molecule has 1 aromatic heterocycles. The summed E-state index contributed by atoms with van der Waals surface area (Å²) in [5, 5.41) is 21.8. The number of hydrogen-bond acceptors (Lipinski definition) is 3. The van der Waals surface area contributed by atoms with Crippen LogP contribution in [0, 0.1) is 18.3 Å². The number of nitrogens with zero attached hydrogens (tertiary/aromatic N) is 2. The third kappa shape index (κ3) is 2.67. The molecule has 0 unspecified atom stereocenters. The molecule has 0 aliphatic heterocycles. The summed E-state index contributed by atoms with van der Waals surface area (Å²) in [6.07, 6.45) is 0. The number of aromatic nitrogens is 1. The standard InChI is InChI=1S/C14H14ClN3O/c1-9-10(5-12(7-16)18(9)2)8-17-11-3-4-14(19)13(15)6-11/h3-6,17,19H,8H2,1-2H3. The first-order valence-corrected chi connectivity index (χ1v) is 6.18. The number of nitriles is 1. The maximum atomic E-state index is 9.35. The van der Waals surface area contributed by atoms with Crippen LogP contribution >= 0.6 is 11.6 Å². The van der Waals surface area contributed by atoms with Crippen molar-refractivity contribution in [3.8, 4) is 11.8 Å². The summed E-state index contributed by atoms with van der Waals surface area (Å²) in [6.45, 7) is 2.57. The summed E-state index contributed by atoms with van der Waals surface area (Å²) in [5.74, 6) is 0.0647. The van der Waals surface area contributed by atoms with Gasteiger partial charge in [-0.05, 0) is 36.8 Å². The molecule has 4 nitrogen and oxygen atoms in total. The maximum absolute atomic E-state index is 9.35. The van der Waals surface area contributed by atoms with E-state index in [4.69, 9.17) is 16.9 Å². The van der Waals surface area contributed by atoms with Crippen LogP contribution < -0.4 is 5.32 Å². The zero-order valence-corrected chi connectivity index (χ0v) is 11.5. The van der Waals surface area contributed by atoms with Crippen molar-refractivity contribution in [2.75, 3.05) is 5.32 Å². The molecule has 98 valence electrons. The normalized spacial score (nSPS) is 10.2. The molecule has 2 aromatic rings. The smallest absolute Gasteiger partial charge is 0.134 e. The molecule has 5 heteroatoms. The fourth-order valence-corrected chi connectivity index (χ4v) is 2.04. The highest BCUT2D eigenvalue weighted by atomic mass is 35.5. The van der Waals surface area contributed by atoms with Gasteiger partial charge in [-0.1, -0.05) is 11.6 Å². The molecule has 0 radical (unpaired) electrons. The second-order valence-electron chi connectivity index (χ2n) is 4.33. The fraction of sp³-hybridized carbons (Fsp3) is 0.214. The second-order valence-corrected chi connectivity index (χ2v) is 4.74. The largest absolute Gasteiger partial charge is 0.506 e. The molecule has 1 aromatic carbocycles. The minimum atomic E-state index is 0.0647. The van der Waals surface area contributed by atoms with Crippen molar-refractivity contribution in [3.05, 3.63) is 46.2 Å². The predicted octanol–water partition coefficient (Wildman–Crippen LogP) is 3.18. The van der Waals surface area contributed by atoms with Crippen LogP contribution in [-0.4, -0.2) is 9.67 Å². The van der Waals surface area contributed by atoms with Crippen LogP contribution in [0.3, 0.4) is 0 Å². The molecule has 0 aliphatic rings. The van der Waals surface area contributed by atoms with Gasteiger partial charge in [0.2, 0.25) is 0 Å². The molecule has 0 spiro atoms. The van der Waals surface area contributed by atoms with Crippen LogP contribution in [0.5, 0.6) is 5.75 Å². The SMILES string of the molecule is Cc1c(CNc2ccc(O)c(Cl)c2)cc(C#N)n1C. The van der Waals surface area contributed by atoms with Gasteiger partial charge in [-0.2, -0.15) is 5.26 Å². The van der Waals surface area contributed by atoms with E-state index < -0.39 is 0 Å². The van der Waals surface area contributed by atoms with Gasteiger partial charge in [0, 0.05) is 25.0 Å². The highest BCUT2D eigenvalue weighted by molar-refractivity contribution is 6.32. The van der Waals surface area contributed by atoms with Gasteiger partial charge in [-0.25, -0.2) is 0 Å². The van der Waals surface area contributed by atoms with Crippen molar-refractivity contribution in [3.63, 3.8) is 0 Å². The Morgan fingerprint density at radius 2 is 2.16 bits per heavy atom. The van der Waals surface area contributed by atoms with E-state index in [-0.39, 0.29) is 5.75 Å². The summed E-state index contributed by atoms with van der Waals surface area (Å²) in [5.41, 5.74) is 3.57. The Morgan fingerprint density at radius 3 is 2.74 bits per heavy atom. The first-order chi connectivity index (χ1) is 9.02. The van der Waals surface area contributed by atoms with Crippen molar-refractivity contribution in [2.24, 2.45) is 7.05 Å². The number of benzene rings is 1. The molecule has 1 heterocycles. The Bertz CT molecular complexity index is 655. The number of rotatable bonds is 3. The molecule has 0 fully saturated rings. The zero-order chi connectivity index (χ0) is 14.0. The molecule has 0 saturated carbocycles. The van der Waals surface area contributed by atoms with Crippen LogP contribution in [-0.2, 0) is 13.6 Å². The molecule has 0 saturated heterocycles. The topological polar surface area (TPSA) is 61.0 Å². The molecule has 2 rings (SSSR count). The van der Waals surface area contributed by atoms with E-state index in [2.05, 4.69) is 11.4 Å². The highest BCUT2D eigenvalue weighted by Crippen LogP contribution is 2.26. The number of aromatic hydroxyl groups is 1. The van der Waals surface area contributed by atoms with Gasteiger partial charge in [-0.3, -0.25) is 0 Å². The quantitative estimate of drug-likeness (QED) is 0.846. The van der Waals surface area contributed by atoms with Crippen LogP contribution in [0.1, 0.15) is 17.0 Å². The van der Waals surface area contributed by atoms with Crippen molar-refractivity contribution in [2.45, 2.75) is 13.5 Å². The first-order valence-electron chi connectivity index (χ1n) is 5.80. The van der Waals surface area contributed by atoms with Gasteiger partial charge in [0.1, 0.15) is 17.5 Å². The van der Waals surface area contributed by atoms with Crippen LogP contribution in [0.25, 0.3) is 0 Å². The molecular weight excluding hydrogens is 262 g/mol. The summed E-state index contributed by atoms with van der Waals surface area (Å²) >= 11 is 5.84. The van der Waals surface area contributed by atoms with Gasteiger partial charge < -0.3 is 15.0 Å². The minimum absolute atomic E-state index is 0.0647. The predicted molar refractivity (Wildman–Crippen MR) is 75.3 cm³/mol. The summed E-state index contributed by atoms with van der Waals surface area (Å²) < 4.78 is 1.86. The lowest BCUT2D eigenvalue weighted by atomic mass is 10.2. The number of phenolic OH excluding ortho intramolecular Hbond substituents is 1. The van der Waals surface area contributed by atoms with E-state index in [1.165, 1.54) is 0 Å². The van der Waals surface area contributed by atoms with E-state index in [0.29, 0.717) is 17.3 Å². The van der Waals surface area contributed by atoms with Crippen molar-refractivity contribution in [1.82, 2.24) is 4.57 Å².